The number of carbonyl (C=O) groups excluding carboxylic acids is 1. The number of aryl methyl sites for hydroxylation is 1. The number of aromatic nitrogens is 2. The first-order chi connectivity index (χ1) is 10.1. The number of hydrogen-bond acceptors (Lipinski definition) is 4. The molecule has 2 aromatic rings. The molecule has 1 aromatic heterocycles. The van der Waals surface area contributed by atoms with Crippen molar-refractivity contribution in [2.24, 2.45) is 0 Å². The second kappa shape index (κ2) is 6.30. The molecule has 0 aliphatic carbocycles. The van der Waals surface area contributed by atoms with Crippen LogP contribution >= 0.6 is 0 Å². The zero-order valence-electron chi connectivity index (χ0n) is 12.6. The Morgan fingerprint density at radius 1 is 1.33 bits per heavy atom. The van der Waals surface area contributed by atoms with Gasteiger partial charge in [-0.15, -0.1) is 0 Å². The van der Waals surface area contributed by atoms with Crippen molar-refractivity contribution in [2.75, 3.05) is 19.5 Å². The molecule has 0 fully saturated rings. The molecule has 0 saturated carbocycles. The van der Waals surface area contributed by atoms with Gasteiger partial charge in [0.25, 0.3) is 5.91 Å². The number of nitrogens with one attached hydrogen (secondary N) is 1. The second-order valence-corrected chi connectivity index (χ2v) is 4.48. The molecule has 0 unspecified atom stereocenters. The van der Waals surface area contributed by atoms with Gasteiger partial charge < -0.3 is 14.8 Å². The number of anilines is 1. The van der Waals surface area contributed by atoms with E-state index < -0.39 is 0 Å². The van der Waals surface area contributed by atoms with Crippen molar-refractivity contribution in [1.82, 2.24) is 9.78 Å². The number of carbonyl (C=O) groups is 1. The van der Waals surface area contributed by atoms with Crippen LogP contribution in [0.15, 0.2) is 24.4 Å². The number of nitrogens with zero attached hydrogens (tertiary/aromatic N) is 2. The van der Waals surface area contributed by atoms with Gasteiger partial charge in [-0.1, -0.05) is 0 Å². The SMILES string of the molecule is CCn1ncc(NC(=O)c2ccc(OC)cc2OC)c1C. The summed E-state index contributed by atoms with van der Waals surface area (Å²) in [6.07, 6.45) is 1.65. The Morgan fingerprint density at radius 3 is 2.67 bits per heavy atom. The predicted octanol–water partition coefficient (Wildman–Crippen LogP) is 2.48. The molecule has 0 bridgehead atoms. The smallest absolute Gasteiger partial charge is 0.259 e. The van der Waals surface area contributed by atoms with Crippen molar-refractivity contribution in [3.05, 3.63) is 35.7 Å². The molecule has 21 heavy (non-hydrogen) atoms. The standard InChI is InChI=1S/C15H19N3O3/c1-5-18-10(2)13(9-16-18)17-15(19)12-7-6-11(20-3)8-14(12)21-4/h6-9H,5H2,1-4H3,(H,17,19). The average Bonchev–Trinajstić information content (AvgIpc) is 2.86. The van der Waals surface area contributed by atoms with Gasteiger partial charge in [-0.3, -0.25) is 9.48 Å². The number of hydrogen-bond donors (Lipinski definition) is 1. The molecule has 1 aromatic carbocycles. The normalized spacial score (nSPS) is 10.3. The summed E-state index contributed by atoms with van der Waals surface area (Å²) in [4.78, 5) is 12.4. The van der Waals surface area contributed by atoms with E-state index in [1.807, 2.05) is 18.5 Å². The molecular weight excluding hydrogens is 270 g/mol. The first kappa shape index (κ1) is 14.9. The molecule has 0 spiro atoms. The van der Waals surface area contributed by atoms with Crippen molar-refractivity contribution in [3.8, 4) is 11.5 Å². The fourth-order valence-corrected chi connectivity index (χ4v) is 2.06. The van der Waals surface area contributed by atoms with E-state index in [1.165, 1.54) is 7.11 Å². The monoisotopic (exact) mass is 289 g/mol. The zero-order chi connectivity index (χ0) is 15.4. The van der Waals surface area contributed by atoms with Crippen LogP contribution in [-0.2, 0) is 6.54 Å². The molecule has 0 radical (unpaired) electrons. The quantitative estimate of drug-likeness (QED) is 0.918. The number of rotatable bonds is 5. The molecule has 112 valence electrons. The van der Waals surface area contributed by atoms with Crippen LogP contribution in [0.5, 0.6) is 11.5 Å². The molecular formula is C15H19N3O3. The molecule has 6 nitrogen and oxygen atoms in total. The van der Waals surface area contributed by atoms with Gasteiger partial charge in [-0.25, -0.2) is 0 Å². The van der Waals surface area contributed by atoms with Crippen LogP contribution in [0.25, 0.3) is 0 Å². The fraction of sp³-hybridized carbons (Fsp3) is 0.333. The maximum atomic E-state index is 12.4. The van der Waals surface area contributed by atoms with Crippen LogP contribution in [0.2, 0.25) is 0 Å². The van der Waals surface area contributed by atoms with Crippen LogP contribution in [0.1, 0.15) is 23.0 Å². The Bertz CT molecular complexity index is 650. The number of benzene rings is 1. The first-order valence-electron chi connectivity index (χ1n) is 6.66. The van der Waals surface area contributed by atoms with Crippen molar-refractivity contribution in [2.45, 2.75) is 20.4 Å². The second-order valence-electron chi connectivity index (χ2n) is 4.48. The van der Waals surface area contributed by atoms with Gasteiger partial charge in [0.05, 0.1) is 37.4 Å². The molecule has 1 amide bonds. The van der Waals surface area contributed by atoms with Crippen LogP contribution in [-0.4, -0.2) is 29.9 Å². The minimum absolute atomic E-state index is 0.242. The summed E-state index contributed by atoms with van der Waals surface area (Å²) >= 11 is 0. The summed E-state index contributed by atoms with van der Waals surface area (Å²) in [6, 6.07) is 5.07. The lowest BCUT2D eigenvalue weighted by Gasteiger charge is -2.10. The van der Waals surface area contributed by atoms with Gasteiger partial charge in [-0.2, -0.15) is 5.10 Å². The zero-order valence-corrected chi connectivity index (χ0v) is 12.6. The first-order valence-corrected chi connectivity index (χ1v) is 6.66. The molecule has 2 rings (SSSR count). The van der Waals surface area contributed by atoms with E-state index in [1.54, 1.807) is 31.5 Å². The number of methoxy groups -OCH3 is 2. The summed E-state index contributed by atoms with van der Waals surface area (Å²) in [5.41, 5.74) is 2.06. The Morgan fingerprint density at radius 2 is 2.10 bits per heavy atom. The van der Waals surface area contributed by atoms with Gasteiger partial charge in [-0.05, 0) is 26.0 Å². The molecule has 0 aliphatic heterocycles. The predicted molar refractivity (Wildman–Crippen MR) is 80.1 cm³/mol. The minimum atomic E-state index is -0.242. The summed E-state index contributed by atoms with van der Waals surface area (Å²) in [7, 11) is 3.09. The Labute approximate surface area is 123 Å². The fourth-order valence-electron chi connectivity index (χ4n) is 2.06. The van der Waals surface area contributed by atoms with E-state index in [-0.39, 0.29) is 5.91 Å². The lowest BCUT2D eigenvalue weighted by molar-refractivity contribution is 0.102. The third kappa shape index (κ3) is 2.99. The van der Waals surface area contributed by atoms with E-state index in [0.717, 1.165) is 12.2 Å². The average molecular weight is 289 g/mol. The van der Waals surface area contributed by atoms with Crippen LogP contribution in [0.3, 0.4) is 0 Å². The maximum Gasteiger partial charge on any atom is 0.259 e. The van der Waals surface area contributed by atoms with Crippen LogP contribution in [0, 0.1) is 6.92 Å². The largest absolute Gasteiger partial charge is 0.497 e. The third-order valence-corrected chi connectivity index (χ3v) is 3.30. The van der Waals surface area contributed by atoms with E-state index in [9.17, 15) is 4.79 Å². The van der Waals surface area contributed by atoms with Crippen molar-refractivity contribution in [1.29, 1.82) is 0 Å². The highest BCUT2D eigenvalue weighted by Crippen LogP contribution is 2.25. The van der Waals surface area contributed by atoms with Crippen LogP contribution in [0.4, 0.5) is 5.69 Å². The number of amides is 1. The Hall–Kier alpha value is -2.50. The lowest BCUT2D eigenvalue weighted by Crippen LogP contribution is -2.14. The minimum Gasteiger partial charge on any atom is -0.497 e. The lowest BCUT2D eigenvalue weighted by atomic mass is 10.1. The van der Waals surface area contributed by atoms with Crippen molar-refractivity contribution >= 4 is 11.6 Å². The highest BCUT2D eigenvalue weighted by Gasteiger charge is 2.15. The summed E-state index contributed by atoms with van der Waals surface area (Å²) in [5, 5.41) is 7.05. The molecule has 1 heterocycles. The third-order valence-electron chi connectivity index (χ3n) is 3.30. The van der Waals surface area contributed by atoms with Crippen molar-refractivity contribution in [3.63, 3.8) is 0 Å². The van der Waals surface area contributed by atoms with E-state index >= 15 is 0 Å². The molecule has 0 atom stereocenters. The Kier molecular flexibility index (Phi) is 4.47. The summed E-state index contributed by atoms with van der Waals surface area (Å²) in [5.74, 6) is 0.860. The topological polar surface area (TPSA) is 65.4 Å². The van der Waals surface area contributed by atoms with Gasteiger partial charge in [0.2, 0.25) is 0 Å². The van der Waals surface area contributed by atoms with Gasteiger partial charge in [0.15, 0.2) is 0 Å². The van der Waals surface area contributed by atoms with Gasteiger partial charge in [0.1, 0.15) is 11.5 Å². The van der Waals surface area contributed by atoms with Gasteiger partial charge in [0, 0.05) is 12.6 Å². The molecule has 1 N–H and O–H groups in total. The van der Waals surface area contributed by atoms with Gasteiger partial charge >= 0.3 is 0 Å². The van der Waals surface area contributed by atoms with Crippen LogP contribution < -0.4 is 14.8 Å². The highest BCUT2D eigenvalue weighted by molar-refractivity contribution is 6.06. The molecule has 0 saturated heterocycles. The molecule has 6 heteroatoms. The van der Waals surface area contributed by atoms with E-state index in [0.29, 0.717) is 22.7 Å². The van der Waals surface area contributed by atoms with E-state index in [2.05, 4.69) is 10.4 Å². The number of ether oxygens (including phenoxy) is 2. The van der Waals surface area contributed by atoms with Crippen molar-refractivity contribution < 1.29 is 14.3 Å². The Balaban J connectivity index is 2.25. The molecule has 0 aliphatic rings. The summed E-state index contributed by atoms with van der Waals surface area (Å²) < 4.78 is 12.2. The summed E-state index contributed by atoms with van der Waals surface area (Å²) in [6.45, 7) is 4.67. The van der Waals surface area contributed by atoms with E-state index in [4.69, 9.17) is 9.47 Å². The maximum absolute atomic E-state index is 12.4. The highest BCUT2D eigenvalue weighted by atomic mass is 16.5.